The van der Waals surface area contributed by atoms with Gasteiger partial charge in [-0.25, -0.2) is 4.39 Å². The molecule has 0 saturated heterocycles. The molecule has 0 aliphatic carbocycles. The van der Waals surface area contributed by atoms with Crippen LogP contribution in [0.3, 0.4) is 0 Å². The highest BCUT2D eigenvalue weighted by Gasteiger charge is 2.10. The van der Waals surface area contributed by atoms with Gasteiger partial charge in [-0.1, -0.05) is 28.9 Å². The van der Waals surface area contributed by atoms with E-state index in [0.29, 0.717) is 5.56 Å². The van der Waals surface area contributed by atoms with Crippen molar-refractivity contribution >= 4 is 15.9 Å². The van der Waals surface area contributed by atoms with Crippen LogP contribution in [0.1, 0.15) is 38.3 Å². The Hall–Kier alpha value is -0.450. The zero-order valence-electron chi connectivity index (χ0n) is 11.0. The largest absolute Gasteiger partial charge is 0.381 e. The second-order valence-electron chi connectivity index (χ2n) is 4.31. The van der Waals surface area contributed by atoms with Crippen LogP contribution < -0.4 is 5.32 Å². The van der Waals surface area contributed by atoms with Crippen molar-refractivity contribution in [1.29, 1.82) is 0 Å². The number of nitrogens with one attached hydrogen (secondary N) is 1. The van der Waals surface area contributed by atoms with E-state index >= 15 is 0 Å². The molecule has 0 aromatic heterocycles. The number of halogens is 2. The highest BCUT2D eigenvalue weighted by Crippen LogP contribution is 2.20. The van der Waals surface area contributed by atoms with Crippen molar-refractivity contribution < 1.29 is 9.13 Å². The van der Waals surface area contributed by atoms with Crippen LogP contribution in [0.25, 0.3) is 0 Å². The molecule has 102 valence electrons. The molecule has 0 radical (unpaired) electrons. The third-order valence-corrected chi connectivity index (χ3v) is 3.19. The van der Waals surface area contributed by atoms with Gasteiger partial charge < -0.3 is 10.1 Å². The van der Waals surface area contributed by atoms with Crippen LogP contribution >= 0.6 is 15.9 Å². The number of ether oxygens (including phenoxy) is 1. The fraction of sp³-hybridized carbons (Fsp3) is 0.571. The lowest BCUT2D eigenvalue weighted by Crippen LogP contribution is -2.21. The van der Waals surface area contributed by atoms with Crippen molar-refractivity contribution in [2.75, 3.05) is 19.8 Å². The Morgan fingerprint density at radius 1 is 1.39 bits per heavy atom. The molecule has 2 nitrogen and oxygen atoms in total. The topological polar surface area (TPSA) is 21.3 Å². The molecule has 1 aromatic rings. The highest BCUT2D eigenvalue weighted by molar-refractivity contribution is 9.10. The monoisotopic (exact) mass is 317 g/mol. The van der Waals surface area contributed by atoms with Gasteiger partial charge in [0.05, 0.1) is 0 Å². The predicted molar refractivity (Wildman–Crippen MR) is 76.2 cm³/mol. The minimum atomic E-state index is -0.174. The molecule has 18 heavy (non-hydrogen) atoms. The van der Waals surface area contributed by atoms with E-state index in [1.165, 1.54) is 6.07 Å². The average Bonchev–Trinajstić information content (AvgIpc) is 2.33. The van der Waals surface area contributed by atoms with E-state index in [9.17, 15) is 4.39 Å². The Kier molecular flexibility index (Phi) is 7.47. The maximum absolute atomic E-state index is 13.7. The van der Waals surface area contributed by atoms with Crippen molar-refractivity contribution in [2.24, 2.45) is 0 Å². The van der Waals surface area contributed by atoms with E-state index in [0.717, 1.165) is 37.1 Å². The first-order valence-electron chi connectivity index (χ1n) is 6.41. The van der Waals surface area contributed by atoms with Crippen LogP contribution in [0.15, 0.2) is 22.7 Å². The molecule has 0 aliphatic heterocycles. The van der Waals surface area contributed by atoms with Gasteiger partial charge in [0.25, 0.3) is 0 Å². The summed E-state index contributed by atoms with van der Waals surface area (Å²) in [6.45, 7) is 6.48. The van der Waals surface area contributed by atoms with E-state index in [2.05, 4.69) is 28.2 Å². The van der Waals surface area contributed by atoms with Crippen molar-refractivity contribution in [3.05, 3.63) is 34.1 Å². The second kappa shape index (κ2) is 8.62. The molecule has 1 unspecified atom stereocenters. The average molecular weight is 318 g/mol. The third kappa shape index (κ3) is 5.46. The summed E-state index contributed by atoms with van der Waals surface area (Å²) >= 11 is 3.26. The molecule has 1 rings (SSSR count). The first kappa shape index (κ1) is 15.6. The minimum absolute atomic E-state index is 0.0178. The van der Waals surface area contributed by atoms with Crippen LogP contribution in [-0.4, -0.2) is 19.8 Å². The normalized spacial score (nSPS) is 12.7. The third-order valence-electron chi connectivity index (χ3n) is 2.69. The van der Waals surface area contributed by atoms with Crippen molar-refractivity contribution in [1.82, 2.24) is 5.32 Å². The van der Waals surface area contributed by atoms with Gasteiger partial charge in [-0.05, 0) is 38.4 Å². The summed E-state index contributed by atoms with van der Waals surface area (Å²) in [5, 5.41) is 3.30. The van der Waals surface area contributed by atoms with Gasteiger partial charge in [0.15, 0.2) is 0 Å². The molecule has 0 amide bonds. The van der Waals surface area contributed by atoms with Gasteiger partial charge in [-0.3, -0.25) is 0 Å². The predicted octanol–water partition coefficient (Wildman–Crippen LogP) is 4.06. The summed E-state index contributed by atoms with van der Waals surface area (Å²) in [6, 6.07) is 5.19. The van der Waals surface area contributed by atoms with Gasteiger partial charge in [0, 0.05) is 29.3 Å². The molecule has 0 aliphatic rings. The first-order valence-corrected chi connectivity index (χ1v) is 7.20. The van der Waals surface area contributed by atoms with Crippen LogP contribution in [0.2, 0.25) is 0 Å². The van der Waals surface area contributed by atoms with Crippen molar-refractivity contribution in [2.45, 2.75) is 32.7 Å². The molecule has 0 heterocycles. The molecule has 1 N–H and O–H groups in total. The first-order chi connectivity index (χ1) is 8.65. The lowest BCUT2D eigenvalue weighted by molar-refractivity contribution is 0.131. The highest BCUT2D eigenvalue weighted by atomic mass is 79.9. The fourth-order valence-electron chi connectivity index (χ4n) is 1.70. The standard InChI is InChI=1S/C14H21BrFNO/c1-3-8-18-9-4-7-17-11(2)13-6-5-12(15)10-14(13)16/h5-6,10-11,17H,3-4,7-9H2,1-2H3. The summed E-state index contributed by atoms with van der Waals surface area (Å²) in [6.07, 6.45) is 2.00. The number of rotatable bonds is 8. The second-order valence-corrected chi connectivity index (χ2v) is 5.22. The summed E-state index contributed by atoms with van der Waals surface area (Å²) in [4.78, 5) is 0. The summed E-state index contributed by atoms with van der Waals surface area (Å²) < 4.78 is 19.8. The molecule has 1 atom stereocenters. The van der Waals surface area contributed by atoms with Crippen LogP contribution in [0.4, 0.5) is 4.39 Å². The van der Waals surface area contributed by atoms with Crippen molar-refractivity contribution in [3.63, 3.8) is 0 Å². The van der Waals surface area contributed by atoms with Gasteiger partial charge in [-0.15, -0.1) is 0 Å². The summed E-state index contributed by atoms with van der Waals surface area (Å²) in [7, 11) is 0. The number of hydrogen-bond donors (Lipinski definition) is 1. The van der Waals surface area contributed by atoms with E-state index in [1.807, 2.05) is 19.1 Å². The van der Waals surface area contributed by atoms with E-state index in [-0.39, 0.29) is 11.9 Å². The summed E-state index contributed by atoms with van der Waals surface area (Å²) in [5.41, 5.74) is 0.702. The lowest BCUT2D eigenvalue weighted by Gasteiger charge is -2.15. The maximum Gasteiger partial charge on any atom is 0.129 e. The molecule has 0 bridgehead atoms. The smallest absolute Gasteiger partial charge is 0.129 e. The van der Waals surface area contributed by atoms with Crippen molar-refractivity contribution in [3.8, 4) is 0 Å². The van der Waals surface area contributed by atoms with Gasteiger partial charge in [0.2, 0.25) is 0 Å². The SMILES string of the molecule is CCCOCCCNC(C)c1ccc(Br)cc1F. The number of benzene rings is 1. The van der Waals surface area contributed by atoms with Gasteiger partial charge in [0.1, 0.15) is 5.82 Å². The van der Waals surface area contributed by atoms with Gasteiger partial charge in [-0.2, -0.15) is 0 Å². The zero-order chi connectivity index (χ0) is 13.4. The lowest BCUT2D eigenvalue weighted by atomic mass is 10.1. The maximum atomic E-state index is 13.7. The van der Waals surface area contributed by atoms with E-state index in [1.54, 1.807) is 0 Å². The Bertz CT molecular complexity index is 360. The fourth-order valence-corrected chi connectivity index (χ4v) is 2.03. The molecule has 1 aromatic carbocycles. The minimum Gasteiger partial charge on any atom is -0.381 e. The van der Waals surface area contributed by atoms with Crippen LogP contribution in [0.5, 0.6) is 0 Å². The van der Waals surface area contributed by atoms with Crippen LogP contribution in [-0.2, 0) is 4.74 Å². The Morgan fingerprint density at radius 3 is 2.83 bits per heavy atom. The quantitative estimate of drug-likeness (QED) is 0.730. The molecule has 0 fully saturated rings. The van der Waals surface area contributed by atoms with Crippen LogP contribution in [0, 0.1) is 5.82 Å². The number of hydrogen-bond acceptors (Lipinski definition) is 2. The molecule has 4 heteroatoms. The zero-order valence-corrected chi connectivity index (χ0v) is 12.6. The Morgan fingerprint density at radius 2 is 2.17 bits per heavy atom. The molecule has 0 saturated carbocycles. The molecular weight excluding hydrogens is 297 g/mol. The molecular formula is C14H21BrFNO. The van der Waals surface area contributed by atoms with E-state index < -0.39 is 0 Å². The van der Waals surface area contributed by atoms with E-state index in [4.69, 9.17) is 4.74 Å². The Labute approximate surface area is 117 Å². The van der Waals surface area contributed by atoms with Gasteiger partial charge >= 0.3 is 0 Å². The summed E-state index contributed by atoms with van der Waals surface area (Å²) in [5.74, 6) is -0.174. The molecule has 0 spiro atoms. The Balaban J connectivity index is 2.29.